The molecule has 0 aromatic carbocycles. The van der Waals surface area contributed by atoms with Crippen LogP contribution in [0.15, 0.2) is 0 Å². The SMILES string of the molecule is [Br-].[C-]#CCCC(OC)OC.[Mg+2]. The first-order valence-corrected chi connectivity index (χ1v) is 2.80. The van der Waals surface area contributed by atoms with Crippen LogP contribution in [0, 0.1) is 12.3 Å². The van der Waals surface area contributed by atoms with Crippen molar-refractivity contribution in [1.82, 2.24) is 0 Å². The number of hydrogen-bond donors (Lipinski definition) is 0. The minimum atomic E-state index is -0.178. The molecule has 0 N–H and O–H groups in total. The molecular formula is C7H11BrMgO2. The average Bonchev–Trinajstić information content (AvgIpc) is 1.91. The van der Waals surface area contributed by atoms with Gasteiger partial charge in [-0.25, -0.2) is 0 Å². The van der Waals surface area contributed by atoms with Crippen LogP contribution in [0.2, 0.25) is 0 Å². The standard InChI is InChI=1S/C7H11O2.BrH.Mg/c1-4-5-6-7(8-2)9-3;;/h7H,5-6H2,2-3H3;1H;/q-1;;+2/p-1. The van der Waals surface area contributed by atoms with Crippen molar-refractivity contribution in [2.75, 3.05) is 14.2 Å². The summed E-state index contributed by atoms with van der Waals surface area (Å²) < 4.78 is 9.71. The number of methoxy groups -OCH3 is 2. The normalized spacial score (nSPS) is 7.82. The maximum Gasteiger partial charge on any atom is 2.00 e. The minimum absolute atomic E-state index is 0. The zero-order valence-corrected chi connectivity index (χ0v) is 9.89. The van der Waals surface area contributed by atoms with Gasteiger partial charge in [-0.05, 0) is 6.42 Å². The number of ether oxygens (including phenoxy) is 2. The Morgan fingerprint density at radius 3 is 2.09 bits per heavy atom. The smallest absolute Gasteiger partial charge is 1.00 e. The van der Waals surface area contributed by atoms with Crippen molar-refractivity contribution in [2.45, 2.75) is 19.1 Å². The van der Waals surface area contributed by atoms with Crippen molar-refractivity contribution < 1.29 is 26.5 Å². The minimum Gasteiger partial charge on any atom is -1.00 e. The van der Waals surface area contributed by atoms with Gasteiger partial charge in [0.05, 0.1) is 0 Å². The molecule has 2 nitrogen and oxygen atoms in total. The molecule has 11 heavy (non-hydrogen) atoms. The van der Waals surface area contributed by atoms with Gasteiger partial charge >= 0.3 is 23.1 Å². The zero-order valence-electron chi connectivity index (χ0n) is 6.89. The summed E-state index contributed by atoms with van der Waals surface area (Å²) in [5.41, 5.74) is 0. The number of hydrogen-bond acceptors (Lipinski definition) is 2. The van der Waals surface area contributed by atoms with Gasteiger partial charge in [0.25, 0.3) is 0 Å². The van der Waals surface area contributed by atoms with Gasteiger partial charge < -0.3 is 38.8 Å². The predicted octanol–water partition coefficient (Wildman–Crippen LogP) is -2.40. The molecule has 0 aromatic rings. The summed E-state index contributed by atoms with van der Waals surface area (Å²) in [6.07, 6.45) is 7.70. The Bertz CT molecular complexity index is 99.1. The van der Waals surface area contributed by atoms with Crippen LogP contribution >= 0.6 is 0 Å². The first-order valence-electron chi connectivity index (χ1n) is 2.80. The average molecular weight is 231 g/mol. The topological polar surface area (TPSA) is 18.5 Å². The molecule has 4 heteroatoms. The molecule has 0 aliphatic rings. The third kappa shape index (κ3) is 10.7. The molecule has 0 fully saturated rings. The summed E-state index contributed by atoms with van der Waals surface area (Å²) in [4.78, 5) is 0. The molecule has 0 heterocycles. The maximum absolute atomic E-state index is 6.59. The molecule has 60 valence electrons. The third-order valence-corrected chi connectivity index (χ3v) is 1.03. The molecule has 0 aliphatic carbocycles. The fourth-order valence-corrected chi connectivity index (χ4v) is 0.522. The molecule has 0 aromatic heterocycles. The van der Waals surface area contributed by atoms with Crippen LogP contribution < -0.4 is 17.0 Å². The number of rotatable bonds is 4. The Kier molecular flexibility index (Phi) is 21.5. The second-order valence-corrected chi connectivity index (χ2v) is 1.62. The van der Waals surface area contributed by atoms with E-state index in [4.69, 9.17) is 15.9 Å². The van der Waals surface area contributed by atoms with Crippen molar-refractivity contribution in [3.05, 3.63) is 6.42 Å². The van der Waals surface area contributed by atoms with Gasteiger partial charge in [0, 0.05) is 20.6 Å². The fraction of sp³-hybridized carbons (Fsp3) is 0.714. The van der Waals surface area contributed by atoms with Crippen molar-refractivity contribution in [1.29, 1.82) is 0 Å². The van der Waals surface area contributed by atoms with E-state index in [0.717, 1.165) is 0 Å². The van der Waals surface area contributed by atoms with Crippen LogP contribution in [0.3, 0.4) is 0 Å². The molecule has 0 rings (SSSR count). The van der Waals surface area contributed by atoms with E-state index < -0.39 is 0 Å². The van der Waals surface area contributed by atoms with Gasteiger partial charge in [-0.2, -0.15) is 0 Å². The Morgan fingerprint density at radius 1 is 1.36 bits per heavy atom. The van der Waals surface area contributed by atoms with Crippen LogP contribution in [0.4, 0.5) is 0 Å². The van der Waals surface area contributed by atoms with Crippen molar-refractivity contribution in [2.24, 2.45) is 0 Å². The summed E-state index contributed by atoms with van der Waals surface area (Å²) >= 11 is 0. The van der Waals surface area contributed by atoms with Crippen molar-refractivity contribution >= 4 is 23.1 Å². The molecule has 0 aliphatic heterocycles. The van der Waals surface area contributed by atoms with Crippen LogP contribution in [-0.4, -0.2) is 43.6 Å². The van der Waals surface area contributed by atoms with Crippen LogP contribution in [-0.2, 0) is 9.47 Å². The van der Waals surface area contributed by atoms with Gasteiger partial charge in [-0.3, -0.25) is 0 Å². The van der Waals surface area contributed by atoms with E-state index in [9.17, 15) is 0 Å². The predicted molar refractivity (Wildman–Crippen MR) is 39.9 cm³/mol. The van der Waals surface area contributed by atoms with Crippen LogP contribution in [0.5, 0.6) is 0 Å². The van der Waals surface area contributed by atoms with E-state index in [1.54, 1.807) is 14.2 Å². The Labute approximate surface area is 94.9 Å². The maximum atomic E-state index is 6.59. The molecule has 0 saturated carbocycles. The van der Waals surface area contributed by atoms with E-state index in [1.807, 2.05) is 0 Å². The summed E-state index contributed by atoms with van der Waals surface area (Å²) in [5, 5.41) is 0. The fourth-order valence-electron chi connectivity index (χ4n) is 0.522. The molecule has 0 bridgehead atoms. The zero-order chi connectivity index (χ0) is 7.11. The van der Waals surface area contributed by atoms with E-state index in [2.05, 4.69) is 5.92 Å². The summed E-state index contributed by atoms with van der Waals surface area (Å²) in [5.74, 6) is 2.26. The van der Waals surface area contributed by atoms with E-state index in [0.29, 0.717) is 12.8 Å². The Morgan fingerprint density at radius 2 is 1.82 bits per heavy atom. The van der Waals surface area contributed by atoms with E-state index in [1.165, 1.54) is 0 Å². The van der Waals surface area contributed by atoms with Gasteiger partial charge in [-0.15, -0.1) is 0 Å². The van der Waals surface area contributed by atoms with Crippen molar-refractivity contribution in [3.8, 4) is 5.92 Å². The summed E-state index contributed by atoms with van der Waals surface area (Å²) in [7, 11) is 3.16. The summed E-state index contributed by atoms with van der Waals surface area (Å²) in [6, 6.07) is 0. The second kappa shape index (κ2) is 13.3. The van der Waals surface area contributed by atoms with Crippen molar-refractivity contribution in [3.63, 3.8) is 0 Å². The monoisotopic (exact) mass is 230 g/mol. The van der Waals surface area contributed by atoms with E-state index >= 15 is 0 Å². The van der Waals surface area contributed by atoms with Gasteiger partial charge in [-0.1, -0.05) is 0 Å². The summed E-state index contributed by atoms with van der Waals surface area (Å²) in [6.45, 7) is 0. The molecule has 0 atom stereocenters. The second-order valence-electron chi connectivity index (χ2n) is 1.62. The van der Waals surface area contributed by atoms with Crippen LogP contribution in [0.1, 0.15) is 12.8 Å². The van der Waals surface area contributed by atoms with Gasteiger partial charge in [0.15, 0.2) is 6.29 Å². The van der Waals surface area contributed by atoms with E-state index in [-0.39, 0.29) is 46.3 Å². The molecule has 0 radical (unpaired) electrons. The first kappa shape index (κ1) is 17.7. The van der Waals surface area contributed by atoms with Crippen LogP contribution in [0.25, 0.3) is 0 Å². The third-order valence-electron chi connectivity index (χ3n) is 1.03. The molecule has 0 amide bonds. The first-order chi connectivity index (χ1) is 4.35. The van der Waals surface area contributed by atoms with Gasteiger partial charge in [0.1, 0.15) is 0 Å². The quantitative estimate of drug-likeness (QED) is 0.232. The molecule has 0 unspecified atom stereocenters. The number of halogens is 1. The molecule has 0 spiro atoms. The molecular weight excluding hydrogens is 220 g/mol. The largest absolute Gasteiger partial charge is 2.00 e. The van der Waals surface area contributed by atoms with Gasteiger partial charge in [0.2, 0.25) is 0 Å². The Balaban J connectivity index is -0.000000320. The Hall–Kier alpha value is 0.726. The molecule has 0 saturated heterocycles.